The molecular weight excluding hydrogens is 314 g/mol. The van der Waals surface area contributed by atoms with Crippen LogP contribution >= 0.6 is 0 Å². The van der Waals surface area contributed by atoms with E-state index in [0.29, 0.717) is 12.2 Å². The summed E-state index contributed by atoms with van der Waals surface area (Å²) < 4.78 is 1.90. The Kier molecular flexibility index (Phi) is 4.26. The van der Waals surface area contributed by atoms with Gasteiger partial charge in [0.15, 0.2) is 0 Å². The normalized spacial score (nSPS) is 15.6. The molecule has 6 heteroatoms. The van der Waals surface area contributed by atoms with Crippen LogP contribution in [0.3, 0.4) is 0 Å². The number of hydrogen-bond acceptors (Lipinski definition) is 3. The largest absolute Gasteiger partial charge is 0.347 e. The van der Waals surface area contributed by atoms with E-state index in [4.69, 9.17) is 0 Å². The molecular formula is C19H23N5O. The van der Waals surface area contributed by atoms with Crippen molar-refractivity contribution in [1.29, 1.82) is 0 Å². The molecule has 3 aromatic heterocycles. The maximum Gasteiger partial charge on any atom is 0.273 e. The molecule has 1 N–H and O–H groups in total. The Morgan fingerprint density at radius 2 is 2.16 bits per heavy atom. The number of nitrogens with one attached hydrogen (secondary N) is 1. The van der Waals surface area contributed by atoms with Crippen LogP contribution in [0.15, 0.2) is 36.8 Å². The standard InChI is InChI=1S/C19H23N5O/c1-14-18(23-12-6-5-9-17(23)22-14)19(25)24(13-16-20-10-11-21-16)15-7-3-2-4-8-15/h5-6,9-12,15H,2-4,7-8,13H2,1H3,(H,20,21). The zero-order chi connectivity index (χ0) is 17.2. The zero-order valence-corrected chi connectivity index (χ0v) is 14.5. The lowest BCUT2D eigenvalue weighted by Crippen LogP contribution is -2.42. The average molecular weight is 337 g/mol. The van der Waals surface area contributed by atoms with Gasteiger partial charge >= 0.3 is 0 Å². The van der Waals surface area contributed by atoms with Crippen LogP contribution in [0.1, 0.15) is 54.1 Å². The van der Waals surface area contributed by atoms with Gasteiger partial charge in [-0.3, -0.25) is 9.20 Å². The SMILES string of the molecule is Cc1nc2ccccn2c1C(=O)N(Cc1ncc[nH]1)C1CCCCC1. The molecule has 0 unspecified atom stereocenters. The lowest BCUT2D eigenvalue weighted by molar-refractivity contribution is 0.0600. The highest BCUT2D eigenvalue weighted by Gasteiger charge is 2.30. The third kappa shape index (κ3) is 3.04. The Hall–Kier alpha value is -2.63. The van der Waals surface area contributed by atoms with Gasteiger partial charge in [-0.05, 0) is 31.9 Å². The lowest BCUT2D eigenvalue weighted by atomic mass is 9.94. The fourth-order valence-corrected chi connectivity index (χ4v) is 3.81. The number of pyridine rings is 1. The van der Waals surface area contributed by atoms with Gasteiger partial charge < -0.3 is 9.88 Å². The van der Waals surface area contributed by atoms with Crippen LogP contribution in [0, 0.1) is 6.92 Å². The molecule has 0 atom stereocenters. The first-order valence-corrected chi connectivity index (χ1v) is 8.97. The molecule has 1 aliphatic rings. The molecule has 0 spiro atoms. The Morgan fingerprint density at radius 1 is 1.32 bits per heavy atom. The molecule has 3 aromatic rings. The Bertz CT molecular complexity index is 861. The minimum atomic E-state index is 0.0412. The summed E-state index contributed by atoms with van der Waals surface area (Å²) in [5, 5.41) is 0. The molecule has 4 rings (SSSR count). The lowest BCUT2D eigenvalue weighted by Gasteiger charge is -2.34. The number of amides is 1. The summed E-state index contributed by atoms with van der Waals surface area (Å²) in [6, 6.07) is 6.07. The number of carbonyl (C=O) groups is 1. The Balaban J connectivity index is 1.72. The van der Waals surface area contributed by atoms with E-state index in [0.717, 1.165) is 30.0 Å². The van der Waals surface area contributed by atoms with E-state index in [-0.39, 0.29) is 11.9 Å². The van der Waals surface area contributed by atoms with Crippen molar-refractivity contribution in [3.05, 3.63) is 54.0 Å². The van der Waals surface area contributed by atoms with Crippen LogP contribution in [-0.4, -0.2) is 36.2 Å². The quantitative estimate of drug-likeness (QED) is 0.794. The van der Waals surface area contributed by atoms with Gasteiger partial charge in [0.05, 0.1) is 12.2 Å². The van der Waals surface area contributed by atoms with Gasteiger partial charge in [-0.25, -0.2) is 9.97 Å². The monoisotopic (exact) mass is 337 g/mol. The number of fused-ring (bicyclic) bond motifs is 1. The number of nitrogens with zero attached hydrogens (tertiary/aromatic N) is 4. The third-order valence-corrected chi connectivity index (χ3v) is 5.06. The molecule has 0 saturated heterocycles. The molecule has 1 fully saturated rings. The predicted octanol–water partition coefficient (Wildman–Crippen LogP) is 3.34. The number of carbonyl (C=O) groups excluding carboxylic acids is 1. The zero-order valence-electron chi connectivity index (χ0n) is 14.5. The maximum atomic E-state index is 13.5. The average Bonchev–Trinajstić information content (AvgIpc) is 3.26. The molecule has 1 amide bonds. The van der Waals surface area contributed by atoms with E-state index in [9.17, 15) is 4.79 Å². The third-order valence-electron chi connectivity index (χ3n) is 5.06. The molecule has 1 aliphatic carbocycles. The van der Waals surface area contributed by atoms with Crippen LogP contribution < -0.4 is 0 Å². The molecule has 0 aromatic carbocycles. The van der Waals surface area contributed by atoms with Gasteiger partial charge in [-0.1, -0.05) is 25.3 Å². The summed E-state index contributed by atoms with van der Waals surface area (Å²) in [7, 11) is 0. The van der Waals surface area contributed by atoms with Gasteiger partial charge in [0.25, 0.3) is 5.91 Å². The highest BCUT2D eigenvalue weighted by atomic mass is 16.2. The molecule has 0 radical (unpaired) electrons. The number of H-pyrrole nitrogens is 1. The molecule has 6 nitrogen and oxygen atoms in total. The molecule has 25 heavy (non-hydrogen) atoms. The van der Waals surface area contributed by atoms with Crippen LogP contribution in [0.5, 0.6) is 0 Å². The van der Waals surface area contributed by atoms with E-state index in [2.05, 4.69) is 15.0 Å². The maximum absolute atomic E-state index is 13.5. The van der Waals surface area contributed by atoms with Crippen molar-refractivity contribution < 1.29 is 4.79 Å². The van der Waals surface area contributed by atoms with E-state index in [1.165, 1.54) is 19.3 Å². The highest BCUT2D eigenvalue weighted by molar-refractivity contribution is 5.94. The van der Waals surface area contributed by atoms with Crippen LogP contribution in [0.4, 0.5) is 0 Å². The summed E-state index contributed by atoms with van der Waals surface area (Å²) in [5.74, 6) is 0.866. The van der Waals surface area contributed by atoms with Gasteiger partial charge in [0, 0.05) is 24.6 Å². The molecule has 0 bridgehead atoms. The summed E-state index contributed by atoms with van der Waals surface area (Å²) in [5.41, 5.74) is 2.24. The topological polar surface area (TPSA) is 66.3 Å². The van der Waals surface area contributed by atoms with Crippen molar-refractivity contribution in [2.45, 2.75) is 51.6 Å². The van der Waals surface area contributed by atoms with Gasteiger partial charge in [0.1, 0.15) is 17.2 Å². The summed E-state index contributed by atoms with van der Waals surface area (Å²) in [4.78, 5) is 27.5. The van der Waals surface area contributed by atoms with Crippen molar-refractivity contribution in [1.82, 2.24) is 24.3 Å². The van der Waals surface area contributed by atoms with E-state index in [1.54, 1.807) is 12.4 Å². The van der Waals surface area contributed by atoms with Crippen LogP contribution in [0.25, 0.3) is 5.65 Å². The second-order valence-corrected chi connectivity index (χ2v) is 6.74. The number of hydrogen-bond donors (Lipinski definition) is 1. The Morgan fingerprint density at radius 3 is 2.92 bits per heavy atom. The minimum absolute atomic E-state index is 0.0412. The number of imidazole rings is 2. The van der Waals surface area contributed by atoms with Gasteiger partial charge in [-0.2, -0.15) is 0 Å². The van der Waals surface area contributed by atoms with Crippen molar-refractivity contribution in [3.8, 4) is 0 Å². The Labute approximate surface area is 146 Å². The number of aromatic amines is 1. The second kappa shape index (κ2) is 6.70. The highest BCUT2D eigenvalue weighted by Crippen LogP contribution is 2.26. The smallest absolute Gasteiger partial charge is 0.273 e. The predicted molar refractivity (Wildman–Crippen MR) is 95.3 cm³/mol. The molecule has 0 aliphatic heterocycles. The van der Waals surface area contributed by atoms with Crippen LogP contribution in [0.2, 0.25) is 0 Å². The fraction of sp³-hybridized carbons (Fsp3) is 0.421. The fourth-order valence-electron chi connectivity index (χ4n) is 3.81. The number of aromatic nitrogens is 4. The van der Waals surface area contributed by atoms with Crippen molar-refractivity contribution in [3.63, 3.8) is 0 Å². The summed E-state index contributed by atoms with van der Waals surface area (Å²) in [6.45, 7) is 2.42. The van der Waals surface area contributed by atoms with Crippen molar-refractivity contribution in [2.75, 3.05) is 0 Å². The van der Waals surface area contributed by atoms with E-state index < -0.39 is 0 Å². The van der Waals surface area contributed by atoms with E-state index in [1.807, 2.05) is 40.6 Å². The summed E-state index contributed by atoms with van der Waals surface area (Å²) >= 11 is 0. The molecule has 3 heterocycles. The van der Waals surface area contributed by atoms with Crippen LogP contribution in [-0.2, 0) is 6.54 Å². The van der Waals surface area contributed by atoms with Crippen molar-refractivity contribution >= 4 is 11.6 Å². The van der Waals surface area contributed by atoms with E-state index >= 15 is 0 Å². The van der Waals surface area contributed by atoms with Gasteiger partial charge in [-0.15, -0.1) is 0 Å². The summed E-state index contributed by atoms with van der Waals surface area (Å²) in [6.07, 6.45) is 11.2. The number of rotatable bonds is 4. The number of aryl methyl sites for hydroxylation is 1. The first-order chi connectivity index (χ1) is 12.2. The first-order valence-electron chi connectivity index (χ1n) is 8.97. The molecule has 1 saturated carbocycles. The van der Waals surface area contributed by atoms with Gasteiger partial charge in [0.2, 0.25) is 0 Å². The first kappa shape index (κ1) is 15.9. The van der Waals surface area contributed by atoms with Crippen molar-refractivity contribution in [2.24, 2.45) is 0 Å². The minimum Gasteiger partial charge on any atom is -0.347 e. The molecule has 130 valence electrons. The second-order valence-electron chi connectivity index (χ2n) is 6.74.